The van der Waals surface area contributed by atoms with Crippen LogP contribution in [-0.4, -0.2) is 11.7 Å². The predicted molar refractivity (Wildman–Crippen MR) is 73.7 cm³/mol. The zero-order chi connectivity index (χ0) is 12.6. The van der Waals surface area contributed by atoms with Gasteiger partial charge in [0, 0.05) is 12.6 Å². The molecule has 1 fully saturated rings. The standard InChI is InChI=1S/C16H23NO/c1-2-16(8-3-9-16)11-17-15-7-4-12-10-13(18)5-6-14(12)15/h5-6,10,15,17-18H,2-4,7-9,11H2,1H3. The van der Waals surface area contributed by atoms with E-state index in [1.807, 2.05) is 12.1 Å². The molecule has 0 heterocycles. The van der Waals surface area contributed by atoms with Gasteiger partial charge in [-0.2, -0.15) is 0 Å². The van der Waals surface area contributed by atoms with E-state index in [1.54, 1.807) is 0 Å². The molecule has 0 saturated heterocycles. The topological polar surface area (TPSA) is 32.3 Å². The molecule has 0 bridgehead atoms. The van der Waals surface area contributed by atoms with E-state index in [0.29, 0.717) is 17.2 Å². The smallest absolute Gasteiger partial charge is 0.115 e. The van der Waals surface area contributed by atoms with Crippen LogP contribution in [0, 0.1) is 5.41 Å². The first-order valence-electron chi connectivity index (χ1n) is 7.28. The Morgan fingerprint density at radius 2 is 2.22 bits per heavy atom. The summed E-state index contributed by atoms with van der Waals surface area (Å²) < 4.78 is 0. The number of rotatable bonds is 4. The van der Waals surface area contributed by atoms with Crippen LogP contribution in [0.15, 0.2) is 18.2 Å². The van der Waals surface area contributed by atoms with Gasteiger partial charge in [0.05, 0.1) is 0 Å². The summed E-state index contributed by atoms with van der Waals surface area (Å²) in [5.74, 6) is 0.401. The summed E-state index contributed by atoms with van der Waals surface area (Å²) in [5, 5.41) is 13.3. The van der Waals surface area contributed by atoms with Crippen LogP contribution in [0.25, 0.3) is 0 Å². The Labute approximate surface area is 109 Å². The van der Waals surface area contributed by atoms with Crippen molar-refractivity contribution in [2.24, 2.45) is 5.41 Å². The number of phenolic OH excluding ortho intramolecular Hbond substituents is 1. The Balaban J connectivity index is 1.66. The Bertz CT molecular complexity index is 431. The maximum atomic E-state index is 9.51. The molecular formula is C16H23NO. The second kappa shape index (κ2) is 4.58. The minimum Gasteiger partial charge on any atom is -0.508 e. The van der Waals surface area contributed by atoms with E-state index in [0.717, 1.165) is 13.0 Å². The molecule has 0 amide bonds. The number of hydrogen-bond donors (Lipinski definition) is 2. The predicted octanol–water partition coefficient (Wildman–Crippen LogP) is 3.55. The Morgan fingerprint density at radius 1 is 1.39 bits per heavy atom. The Kier molecular flexibility index (Phi) is 3.06. The van der Waals surface area contributed by atoms with Crippen LogP contribution in [0.4, 0.5) is 0 Å². The number of fused-ring (bicyclic) bond motifs is 1. The van der Waals surface area contributed by atoms with Crippen LogP contribution < -0.4 is 5.32 Å². The number of phenols is 1. The highest BCUT2D eigenvalue weighted by atomic mass is 16.3. The van der Waals surface area contributed by atoms with Crippen LogP contribution in [0.2, 0.25) is 0 Å². The number of aromatic hydroxyl groups is 1. The third kappa shape index (κ3) is 2.03. The first-order chi connectivity index (χ1) is 8.72. The fourth-order valence-electron chi connectivity index (χ4n) is 3.49. The number of hydrogen-bond acceptors (Lipinski definition) is 2. The van der Waals surface area contributed by atoms with Gasteiger partial charge in [0.2, 0.25) is 0 Å². The molecule has 0 aliphatic heterocycles. The highest BCUT2D eigenvalue weighted by Crippen LogP contribution is 2.44. The summed E-state index contributed by atoms with van der Waals surface area (Å²) in [5.41, 5.74) is 3.31. The summed E-state index contributed by atoms with van der Waals surface area (Å²) >= 11 is 0. The molecule has 0 spiro atoms. The molecule has 1 saturated carbocycles. The van der Waals surface area contributed by atoms with Crippen LogP contribution in [0.1, 0.15) is 56.2 Å². The summed E-state index contributed by atoms with van der Waals surface area (Å²) in [6, 6.07) is 6.34. The van der Waals surface area contributed by atoms with Crippen molar-refractivity contribution in [3.05, 3.63) is 29.3 Å². The second-order valence-electron chi connectivity index (χ2n) is 6.06. The van der Waals surface area contributed by atoms with Gasteiger partial charge in [-0.3, -0.25) is 0 Å². The van der Waals surface area contributed by atoms with Gasteiger partial charge >= 0.3 is 0 Å². The lowest BCUT2D eigenvalue weighted by Crippen LogP contribution is -2.40. The fraction of sp³-hybridized carbons (Fsp3) is 0.625. The highest BCUT2D eigenvalue weighted by molar-refractivity contribution is 5.40. The number of nitrogens with one attached hydrogen (secondary N) is 1. The molecule has 1 aromatic carbocycles. The number of aryl methyl sites for hydroxylation is 1. The minimum atomic E-state index is 0.401. The van der Waals surface area contributed by atoms with E-state index in [4.69, 9.17) is 0 Å². The van der Waals surface area contributed by atoms with E-state index >= 15 is 0 Å². The average Bonchev–Trinajstić information content (AvgIpc) is 2.71. The zero-order valence-electron chi connectivity index (χ0n) is 11.2. The minimum absolute atomic E-state index is 0.401. The van der Waals surface area contributed by atoms with Crippen molar-refractivity contribution in [2.75, 3.05) is 6.54 Å². The molecule has 1 atom stereocenters. The van der Waals surface area contributed by atoms with Crippen molar-refractivity contribution in [1.29, 1.82) is 0 Å². The van der Waals surface area contributed by atoms with E-state index in [2.05, 4.69) is 18.3 Å². The average molecular weight is 245 g/mol. The zero-order valence-corrected chi connectivity index (χ0v) is 11.2. The van der Waals surface area contributed by atoms with Crippen LogP contribution in [0.3, 0.4) is 0 Å². The van der Waals surface area contributed by atoms with Crippen LogP contribution in [0.5, 0.6) is 5.75 Å². The van der Waals surface area contributed by atoms with Gasteiger partial charge in [0.15, 0.2) is 0 Å². The molecule has 0 radical (unpaired) electrons. The molecule has 2 aliphatic rings. The number of benzene rings is 1. The summed E-state index contributed by atoms with van der Waals surface area (Å²) in [6.07, 6.45) is 7.77. The first kappa shape index (κ1) is 12.0. The molecule has 98 valence electrons. The van der Waals surface area contributed by atoms with Gasteiger partial charge in [0.25, 0.3) is 0 Å². The van der Waals surface area contributed by atoms with Crippen molar-refractivity contribution < 1.29 is 5.11 Å². The summed E-state index contributed by atoms with van der Waals surface area (Å²) in [4.78, 5) is 0. The lowest BCUT2D eigenvalue weighted by Gasteiger charge is -2.42. The first-order valence-corrected chi connectivity index (χ1v) is 7.28. The lowest BCUT2D eigenvalue weighted by molar-refractivity contribution is 0.119. The molecule has 0 aromatic heterocycles. The summed E-state index contributed by atoms with van der Waals surface area (Å²) in [6.45, 7) is 3.48. The largest absolute Gasteiger partial charge is 0.508 e. The van der Waals surface area contributed by atoms with Gasteiger partial charge in [0.1, 0.15) is 5.75 Å². The molecule has 2 heteroatoms. The van der Waals surface area contributed by atoms with Gasteiger partial charge in [-0.05, 0) is 60.8 Å². The summed E-state index contributed by atoms with van der Waals surface area (Å²) in [7, 11) is 0. The molecule has 3 rings (SSSR count). The fourth-order valence-corrected chi connectivity index (χ4v) is 3.49. The van der Waals surface area contributed by atoms with Crippen LogP contribution in [-0.2, 0) is 6.42 Å². The maximum absolute atomic E-state index is 9.51. The SMILES string of the molecule is CCC1(CNC2CCc3cc(O)ccc32)CCC1. The quantitative estimate of drug-likeness (QED) is 0.850. The third-order valence-corrected chi connectivity index (χ3v) is 5.09. The van der Waals surface area contributed by atoms with Crippen molar-refractivity contribution >= 4 is 0 Å². The van der Waals surface area contributed by atoms with Crippen molar-refractivity contribution in [1.82, 2.24) is 5.32 Å². The Hall–Kier alpha value is -1.02. The molecule has 1 aromatic rings. The van der Waals surface area contributed by atoms with Gasteiger partial charge in [-0.25, -0.2) is 0 Å². The third-order valence-electron chi connectivity index (χ3n) is 5.09. The van der Waals surface area contributed by atoms with Crippen LogP contribution >= 0.6 is 0 Å². The Morgan fingerprint density at radius 3 is 2.89 bits per heavy atom. The molecule has 1 unspecified atom stereocenters. The van der Waals surface area contributed by atoms with E-state index < -0.39 is 0 Å². The van der Waals surface area contributed by atoms with E-state index in [9.17, 15) is 5.11 Å². The van der Waals surface area contributed by atoms with E-state index in [-0.39, 0.29) is 0 Å². The van der Waals surface area contributed by atoms with Crippen molar-refractivity contribution in [3.8, 4) is 5.75 Å². The molecule has 18 heavy (non-hydrogen) atoms. The molecular weight excluding hydrogens is 222 g/mol. The lowest BCUT2D eigenvalue weighted by atomic mass is 9.67. The van der Waals surface area contributed by atoms with Gasteiger partial charge in [-0.1, -0.05) is 19.4 Å². The second-order valence-corrected chi connectivity index (χ2v) is 6.06. The van der Waals surface area contributed by atoms with Gasteiger partial charge < -0.3 is 10.4 Å². The maximum Gasteiger partial charge on any atom is 0.115 e. The molecule has 2 N–H and O–H groups in total. The monoisotopic (exact) mass is 245 g/mol. The van der Waals surface area contributed by atoms with Crippen molar-refractivity contribution in [3.63, 3.8) is 0 Å². The van der Waals surface area contributed by atoms with Crippen molar-refractivity contribution in [2.45, 2.75) is 51.5 Å². The molecule has 2 aliphatic carbocycles. The normalized spacial score (nSPS) is 24.6. The van der Waals surface area contributed by atoms with E-state index in [1.165, 1.54) is 43.2 Å². The highest BCUT2D eigenvalue weighted by Gasteiger charge is 2.35. The molecule has 2 nitrogen and oxygen atoms in total. The van der Waals surface area contributed by atoms with Gasteiger partial charge in [-0.15, -0.1) is 0 Å².